The van der Waals surface area contributed by atoms with E-state index in [9.17, 15) is 4.79 Å². The number of ether oxygens (including phenoxy) is 1. The lowest BCUT2D eigenvalue weighted by atomic mass is 9.91. The zero-order valence-electron chi connectivity index (χ0n) is 11.2. The maximum atomic E-state index is 11.4. The molecule has 0 bridgehead atoms. The first-order valence-electron chi connectivity index (χ1n) is 6.28. The van der Waals surface area contributed by atoms with Crippen LogP contribution in [0.3, 0.4) is 0 Å². The largest absolute Gasteiger partial charge is 0.465 e. The number of carbonyl (C=O) groups is 1. The maximum absolute atomic E-state index is 11.4. The molecule has 1 aromatic rings. The average Bonchev–Trinajstić information content (AvgIpc) is 2.46. The topological polar surface area (TPSA) is 46.5 Å². The number of rotatable bonds is 7. The first kappa shape index (κ1) is 15.2. The molecule has 1 N–H and O–H groups in total. The molecular weight excluding hydrogens is 240 g/mol. The summed E-state index contributed by atoms with van der Waals surface area (Å²) in [5.74, 6) is -0.0148. The Kier molecular flexibility index (Phi) is 6.61. The Morgan fingerprint density at radius 2 is 2.00 bits per heavy atom. The zero-order chi connectivity index (χ0) is 14.1. The monoisotopic (exact) mass is 260 g/mol. The molecule has 1 atom stereocenters. The van der Waals surface area contributed by atoms with E-state index in [1.165, 1.54) is 7.11 Å². The van der Waals surface area contributed by atoms with Crippen LogP contribution in [-0.2, 0) is 4.74 Å². The van der Waals surface area contributed by atoms with Crippen LogP contribution in [0.4, 0.5) is 0 Å². The number of aliphatic hydroxyl groups is 1. The van der Waals surface area contributed by atoms with Crippen molar-refractivity contribution in [3.63, 3.8) is 0 Å². The molecule has 0 heterocycles. The number of hydrogen-bond acceptors (Lipinski definition) is 3. The van der Waals surface area contributed by atoms with Gasteiger partial charge in [-0.2, -0.15) is 0 Å². The summed E-state index contributed by atoms with van der Waals surface area (Å²) in [6.07, 6.45) is 7.27. The normalized spacial score (nSPS) is 12.3. The molecule has 0 aliphatic rings. The quantitative estimate of drug-likeness (QED) is 0.605. The Bertz CT molecular complexity index is 432. The molecule has 1 unspecified atom stereocenters. The minimum absolute atomic E-state index is 0.0576. The van der Waals surface area contributed by atoms with Gasteiger partial charge < -0.3 is 9.84 Å². The van der Waals surface area contributed by atoms with Gasteiger partial charge in [-0.25, -0.2) is 4.79 Å². The van der Waals surface area contributed by atoms with Gasteiger partial charge in [0.25, 0.3) is 0 Å². The van der Waals surface area contributed by atoms with Gasteiger partial charge in [-0.3, -0.25) is 0 Å². The zero-order valence-corrected chi connectivity index (χ0v) is 11.2. The third-order valence-electron chi connectivity index (χ3n) is 2.95. The van der Waals surface area contributed by atoms with Crippen LogP contribution in [0.2, 0.25) is 0 Å². The molecule has 0 amide bonds. The number of aliphatic hydroxyl groups excluding tert-OH is 1. The van der Waals surface area contributed by atoms with Gasteiger partial charge in [0.15, 0.2) is 0 Å². The van der Waals surface area contributed by atoms with Crippen LogP contribution in [0.5, 0.6) is 0 Å². The highest BCUT2D eigenvalue weighted by molar-refractivity contribution is 5.89. The lowest BCUT2D eigenvalue weighted by Gasteiger charge is -2.13. The summed E-state index contributed by atoms with van der Waals surface area (Å²) in [6, 6.07) is 7.42. The second kappa shape index (κ2) is 8.27. The summed E-state index contributed by atoms with van der Waals surface area (Å²) in [5, 5.41) is 8.75. The first-order valence-corrected chi connectivity index (χ1v) is 6.28. The highest BCUT2D eigenvalue weighted by Gasteiger charge is 2.10. The predicted octanol–water partition coefficient (Wildman–Crippen LogP) is 3.07. The van der Waals surface area contributed by atoms with E-state index >= 15 is 0 Å². The van der Waals surface area contributed by atoms with Crippen molar-refractivity contribution in [2.24, 2.45) is 0 Å². The van der Waals surface area contributed by atoms with Crippen LogP contribution in [-0.4, -0.2) is 24.8 Å². The molecule has 0 saturated heterocycles. The minimum atomic E-state index is -0.327. The van der Waals surface area contributed by atoms with Gasteiger partial charge in [0, 0.05) is 0 Å². The van der Waals surface area contributed by atoms with Crippen molar-refractivity contribution >= 4 is 5.97 Å². The van der Waals surface area contributed by atoms with Crippen molar-refractivity contribution in [2.45, 2.75) is 18.8 Å². The number of methoxy groups -OCH3 is 1. The third kappa shape index (κ3) is 4.72. The van der Waals surface area contributed by atoms with Gasteiger partial charge in [0.2, 0.25) is 0 Å². The second-order valence-corrected chi connectivity index (χ2v) is 4.22. The van der Waals surface area contributed by atoms with E-state index in [-0.39, 0.29) is 12.6 Å². The molecule has 0 saturated carbocycles. The lowest BCUT2D eigenvalue weighted by Crippen LogP contribution is -2.02. The van der Waals surface area contributed by atoms with Crippen LogP contribution >= 0.6 is 0 Å². The van der Waals surface area contributed by atoms with Crippen molar-refractivity contribution in [1.29, 1.82) is 0 Å². The minimum Gasteiger partial charge on any atom is -0.465 e. The fourth-order valence-corrected chi connectivity index (χ4v) is 1.91. The molecule has 3 heteroatoms. The van der Waals surface area contributed by atoms with E-state index in [1.807, 2.05) is 24.3 Å². The van der Waals surface area contributed by atoms with Gasteiger partial charge in [-0.1, -0.05) is 30.4 Å². The van der Waals surface area contributed by atoms with Gasteiger partial charge in [-0.05, 0) is 36.5 Å². The summed E-state index contributed by atoms with van der Waals surface area (Å²) in [4.78, 5) is 11.4. The van der Waals surface area contributed by atoms with Crippen molar-refractivity contribution in [3.8, 4) is 0 Å². The van der Waals surface area contributed by atoms with Crippen molar-refractivity contribution in [3.05, 3.63) is 60.2 Å². The highest BCUT2D eigenvalue weighted by Crippen LogP contribution is 2.24. The molecule has 19 heavy (non-hydrogen) atoms. The molecule has 3 nitrogen and oxygen atoms in total. The molecule has 1 aromatic carbocycles. The Labute approximate surface area is 114 Å². The smallest absolute Gasteiger partial charge is 0.337 e. The van der Waals surface area contributed by atoms with Crippen molar-refractivity contribution in [2.75, 3.05) is 13.7 Å². The summed E-state index contributed by atoms with van der Waals surface area (Å²) >= 11 is 0. The van der Waals surface area contributed by atoms with Crippen molar-refractivity contribution < 1.29 is 14.6 Å². The van der Waals surface area contributed by atoms with Crippen molar-refractivity contribution in [1.82, 2.24) is 0 Å². The molecule has 1 rings (SSSR count). The molecule has 0 spiro atoms. The number of carbonyl (C=O) groups excluding carboxylic acids is 1. The summed E-state index contributed by atoms with van der Waals surface area (Å²) in [5.41, 5.74) is 1.70. The van der Waals surface area contributed by atoms with Crippen LogP contribution in [0.1, 0.15) is 34.7 Å². The number of esters is 1. The molecule has 0 aliphatic carbocycles. The van der Waals surface area contributed by atoms with E-state index in [0.717, 1.165) is 18.4 Å². The fraction of sp³-hybridized carbons (Fsp3) is 0.312. The summed E-state index contributed by atoms with van der Waals surface area (Å²) in [6.45, 7) is 3.82. The Morgan fingerprint density at radius 1 is 1.32 bits per heavy atom. The van der Waals surface area contributed by atoms with E-state index in [1.54, 1.807) is 18.2 Å². The molecule has 0 radical (unpaired) electrons. The summed E-state index contributed by atoms with van der Waals surface area (Å²) in [7, 11) is 1.37. The molecular formula is C16H20O3. The maximum Gasteiger partial charge on any atom is 0.337 e. The Morgan fingerprint density at radius 3 is 2.53 bits per heavy atom. The molecule has 0 aliphatic heterocycles. The number of allylic oxidation sites excluding steroid dienone is 2. The van der Waals surface area contributed by atoms with Crippen LogP contribution < -0.4 is 0 Å². The van der Waals surface area contributed by atoms with Gasteiger partial charge >= 0.3 is 5.97 Å². The SMILES string of the molecule is C=CCC(CC=CCO)c1ccc(C(=O)OC)cc1. The molecule has 0 fully saturated rings. The van der Waals surface area contributed by atoms with Gasteiger partial charge in [-0.15, -0.1) is 6.58 Å². The Hall–Kier alpha value is -1.87. The van der Waals surface area contributed by atoms with Crippen LogP contribution in [0, 0.1) is 0 Å². The fourth-order valence-electron chi connectivity index (χ4n) is 1.91. The third-order valence-corrected chi connectivity index (χ3v) is 2.95. The standard InChI is InChI=1S/C16H20O3/c1-3-6-13(7-4-5-12-17)14-8-10-15(11-9-14)16(18)19-2/h3-5,8-11,13,17H,1,6-7,12H2,2H3. The average molecular weight is 260 g/mol. The Balaban J connectivity index is 2.81. The molecule has 102 valence electrons. The van der Waals surface area contributed by atoms with Gasteiger partial charge in [0.1, 0.15) is 0 Å². The van der Waals surface area contributed by atoms with E-state index in [4.69, 9.17) is 5.11 Å². The van der Waals surface area contributed by atoms with Gasteiger partial charge in [0.05, 0.1) is 19.3 Å². The van der Waals surface area contributed by atoms with Crippen LogP contribution in [0.25, 0.3) is 0 Å². The number of benzene rings is 1. The predicted molar refractivity (Wildman–Crippen MR) is 76.2 cm³/mol. The van der Waals surface area contributed by atoms with E-state index in [0.29, 0.717) is 11.5 Å². The highest BCUT2D eigenvalue weighted by atomic mass is 16.5. The second-order valence-electron chi connectivity index (χ2n) is 4.22. The molecule has 0 aromatic heterocycles. The van der Waals surface area contributed by atoms with E-state index in [2.05, 4.69) is 11.3 Å². The van der Waals surface area contributed by atoms with E-state index < -0.39 is 0 Å². The summed E-state index contributed by atoms with van der Waals surface area (Å²) < 4.78 is 4.67. The number of hydrogen-bond donors (Lipinski definition) is 1. The first-order chi connectivity index (χ1) is 9.22. The van der Waals surface area contributed by atoms with Crippen LogP contribution in [0.15, 0.2) is 49.1 Å². The lowest BCUT2D eigenvalue weighted by molar-refractivity contribution is 0.0600.